The number of allylic oxidation sites excluding steroid dienone is 1. The van der Waals surface area contributed by atoms with Crippen LogP contribution in [-0.4, -0.2) is 14.2 Å². The molecule has 0 fully saturated rings. The van der Waals surface area contributed by atoms with Crippen LogP contribution in [0.3, 0.4) is 0 Å². The van der Waals surface area contributed by atoms with E-state index in [4.69, 9.17) is 9.47 Å². The van der Waals surface area contributed by atoms with Crippen LogP contribution in [0.4, 0.5) is 0 Å². The summed E-state index contributed by atoms with van der Waals surface area (Å²) in [6.07, 6.45) is 2.28. The van der Waals surface area contributed by atoms with Crippen LogP contribution >= 0.6 is 0 Å². The van der Waals surface area contributed by atoms with Gasteiger partial charge in [0.15, 0.2) is 0 Å². The molecule has 2 rings (SSSR count). The molecule has 0 aliphatic carbocycles. The summed E-state index contributed by atoms with van der Waals surface area (Å²) < 4.78 is 10.5. The molecule has 2 nitrogen and oxygen atoms in total. The second-order valence-electron chi connectivity index (χ2n) is 5.28. The third-order valence-corrected chi connectivity index (χ3v) is 3.30. The highest BCUT2D eigenvalue weighted by Gasteiger charge is 2.07. The highest BCUT2D eigenvalue weighted by Crippen LogP contribution is 2.28. The van der Waals surface area contributed by atoms with Gasteiger partial charge >= 0.3 is 0 Å². The normalized spacial score (nSPS) is 10.3. The lowest BCUT2D eigenvalue weighted by molar-refractivity contribution is 0.414. The van der Waals surface area contributed by atoms with Crippen molar-refractivity contribution in [2.75, 3.05) is 14.2 Å². The average molecular weight is 282 g/mol. The van der Waals surface area contributed by atoms with Gasteiger partial charge in [0.05, 0.1) is 14.2 Å². The maximum absolute atomic E-state index is 5.23. The van der Waals surface area contributed by atoms with Crippen LogP contribution in [0.2, 0.25) is 0 Å². The SMILES string of the molecule is COc1ccc(C(=CC(C)C)c2ccc(OC)cc2)cc1. The lowest BCUT2D eigenvalue weighted by Gasteiger charge is -2.12. The summed E-state index contributed by atoms with van der Waals surface area (Å²) in [5.41, 5.74) is 3.61. The van der Waals surface area contributed by atoms with Crippen molar-refractivity contribution in [2.24, 2.45) is 5.92 Å². The van der Waals surface area contributed by atoms with Crippen LogP contribution in [-0.2, 0) is 0 Å². The van der Waals surface area contributed by atoms with Gasteiger partial charge in [0.1, 0.15) is 11.5 Å². The molecule has 2 aromatic carbocycles. The molecule has 0 aliphatic heterocycles. The van der Waals surface area contributed by atoms with Gasteiger partial charge in [-0.25, -0.2) is 0 Å². The van der Waals surface area contributed by atoms with Crippen molar-refractivity contribution in [3.63, 3.8) is 0 Å². The molecule has 2 aromatic rings. The number of hydrogen-bond donors (Lipinski definition) is 0. The zero-order valence-corrected chi connectivity index (χ0v) is 13.1. The van der Waals surface area contributed by atoms with Gasteiger partial charge in [-0.15, -0.1) is 0 Å². The van der Waals surface area contributed by atoms with Gasteiger partial charge < -0.3 is 9.47 Å². The molecule has 0 saturated carbocycles. The van der Waals surface area contributed by atoms with Crippen LogP contribution < -0.4 is 9.47 Å². The Morgan fingerprint density at radius 3 is 1.43 bits per heavy atom. The van der Waals surface area contributed by atoms with E-state index < -0.39 is 0 Å². The minimum atomic E-state index is 0.476. The van der Waals surface area contributed by atoms with Gasteiger partial charge in [0.2, 0.25) is 0 Å². The summed E-state index contributed by atoms with van der Waals surface area (Å²) in [7, 11) is 3.37. The zero-order valence-electron chi connectivity index (χ0n) is 13.1. The molecule has 0 N–H and O–H groups in total. The van der Waals surface area contributed by atoms with E-state index in [1.807, 2.05) is 24.3 Å². The largest absolute Gasteiger partial charge is 0.497 e. The van der Waals surface area contributed by atoms with E-state index in [-0.39, 0.29) is 0 Å². The smallest absolute Gasteiger partial charge is 0.118 e. The van der Waals surface area contributed by atoms with Gasteiger partial charge in [-0.3, -0.25) is 0 Å². The quantitative estimate of drug-likeness (QED) is 0.785. The molecule has 0 radical (unpaired) electrons. The molecule has 0 saturated heterocycles. The van der Waals surface area contributed by atoms with E-state index in [0.29, 0.717) is 5.92 Å². The Balaban J connectivity index is 2.41. The minimum absolute atomic E-state index is 0.476. The first-order chi connectivity index (χ1) is 10.1. The van der Waals surface area contributed by atoms with Gasteiger partial charge in [0.25, 0.3) is 0 Å². The van der Waals surface area contributed by atoms with E-state index in [9.17, 15) is 0 Å². The molecule has 21 heavy (non-hydrogen) atoms. The molecule has 0 aromatic heterocycles. The van der Waals surface area contributed by atoms with Crippen LogP contribution in [0.25, 0.3) is 5.57 Å². The van der Waals surface area contributed by atoms with Crippen molar-refractivity contribution in [2.45, 2.75) is 13.8 Å². The maximum atomic E-state index is 5.23. The number of rotatable bonds is 5. The molecule has 0 amide bonds. The van der Waals surface area contributed by atoms with Gasteiger partial charge in [-0.1, -0.05) is 44.2 Å². The van der Waals surface area contributed by atoms with Crippen LogP contribution in [0.5, 0.6) is 11.5 Å². The monoisotopic (exact) mass is 282 g/mol. The predicted octanol–water partition coefficient (Wildman–Crippen LogP) is 4.79. The minimum Gasteiger partial charge on any atom is -0.497 e. The molecule has 2 heteroatoms. The summed E-state index contributed by atoms with van der Waals surface area (Å²) in [4.78, 5) is 0. The molecule has 0 atom stereocenters. The Morgan fingerprint density at radius 1 is 0.762 bits per heavy atom. The lowest BCUT2D eigenvalue weighted by Crippen LogP contribution is -1.93. The van der Waals surface area contributed by atoms with E-state index in [0.717, 1.165) is 11.5 Å². The van der Waals surface area contributed by atoms with Gasteiger partial charge in [0, 0.05) is 0 Å². The second kappa shape index (κ2) is 6.98. The maximum Gasteiger partial charge on any atom is 0.118 e. The van der Waals surface area contributed by atoms with E-state index in [2.05, 4.69) is 44.2 Å². The van der Waals surface area contributed by atoms with Crippen molar-refractivity contribution >= 4 is 5.57 Å². The Kier molecular flexibility index (Phi) is 5.04. The molecule has 0 unspecified atom stereocenters. The van der Waals surface area contributed by atoms with Gasteiger partial charge in [-0.05, 0) is 46.9 Å². The van der Waals surface area contributed by atoms with Crippen LogP contribution in [0, 0.1) is 5.92 Å². The summed E-state index contributed by atoms with van der Waals surface area (Å²) in [6.45, 7) is 4.38. The zero-order chi connectivity index (χ0) is 15.2. The van der Waals surface area contributed by atoms with Crippen molar-refractivity contribution in [1.29, 1.82) is 0 Å². The number of hydrogen-bond acceptors (Lipinski definition) is 2. The molecule has 0 aliphatic rings. The first kappa shape index (κ1) is 15.2. The fourth-order valence-corrected chi connectivity index (χ4v) is 2.23. The molecular formula is C19H22O2. The molecule has 0 heterocycles. The van der Waals surface area contributed by atoms with Crippen molar-refractivity contribution in [1.82, 2.24) is 0 Å². The summed E-state index contributed by atoms with van der Waals surface area (Å²) in [6, 6.07) is 16.4. The fraction of sp³-hybridized carbons (Fsp3) is 0.263. The summed E-state index contributed by atoms with van der Waals surface area (Å²) in [5.74, 6) is 2.22. The third kappa shape index (κ3) is 3.88. The van der Waals surface area contributed by atoms with Crippen molar-refractivity contribution in [3.8, 4) is 11.5 Å². The van der Waals surface area contributed by atoms with Crippen molar-refractivity contribution in [3.05, 3.63) is 65.7 Å². The summed E-state index contributed by atoms with van der Waals surface area (Å²) in [5, 5.41) is 0. The topological polar surface area (TPSA) is 18.5 Å². The van der Waals surface area contributed by atoms with E-state index in [1.165, 1.54) is 16.7 Å². The highest BCUT2D eigenvalue weighted by molar-refractivity contribution is 5.80. The lowest BCUT2D eigenvalue weighted by atomic mass is 9.94. The van der Waals surface area contributed by atoms with Crippen LogP contribution in [0.1, 0.15) is 25.0 Å². The molecule has 0 spiro atoms. The van der Waals surface area contributed by atoms with E-state index >= 15 is 0 Å². The molecule has 110 valence electrons. The Morgan fingerprint density at radius 2 is 1.14 bits per heavy atom. The predicted molar refractivity (Wildman–Crippen MR) is 87.9 cm³/mol. The number of ether oxygens (including phenoxy) is 2. The second-order valence-corrected chi connectivity index (χ2v) is 5.28. The first-order valence-corrected chi connectivity index (χ1v) is 7.14. The fourth-order valence-electron chi connectivity index (χ4n) is 2.23. The van der Waals surface area contributed by atoms with E-state index in [1.54, 1.807) is 14.2 Å². The van der Waals surface area contributed by atoms with Gasteiger partial charge in [-0.2, -0.15) is 0 Å². The highest BCUT2D eigenvalue weighted by atomic mass is 16.5. The summed E-state index contributed by atoms with van der Waals surface area (Å²) >= 11 is 0. The van der Waals surface area contributed by atoms with Crippen molar-refractivity contribution < 1.29 is 9.47 Å². The molecular weight excluding hydrogens is 260 g/mol. The Labute approximate surface area is 127 Å². The Hall–Kier alpha value is -2.22. The number of benzene rings is 2. The standard InChI is InChI=1S/C19H22O2/c1-14(2)13-19(15-5-9-17(20-3)10-6-15)16-7-11-18(21-4)12-8-16/h5-14H,1-4H3. The third-order valence-electron chi connectivity index (χ3n) is 3.30. The number of methoxy groups -OCH3 is 2. The Bertz CT molecular complexity index is 543. The van der Waals surface area contributed by atoms with Crippen LogP contribution in [0.15, 0.2) is 54.6 Å². The molecule has 0 bridgehead atoms. The first-order valence-electron chi connectivity index (χ1n) is 7.14. The average Bonchev–Trinajstić information content (AvgIpc) is 2.53.